The van der Waals surface area contributed by atoms with Gasteiger partial charge in [-0.15, -0.1) is 0 Å². The minimum Gasteiger partial charge on any atom is -0.394 e. The molecule has 1 aromatic heterocycles. The molecule has 0 spiro atoms. The van der Waals surface area contributed by atoms with E-state index in [0.29, 0.717) is 17.7 Å². The third-order valence-electron chi connectivity index (χ3n) is 6.03. The molecule has 1 unspecified atom stereocenters. The SMILES string of the molecule is CCCSc1nc(Cl)c2c(n1)CCC(C[C@@H]1C[C@H](OCCO)[C@H]3OC(C)(C)O[C@@H]13)NN2. The molecular formula is C21H33ClN4O4S. The molecule has 8 nitrogen and oxygen atoms in total. The van der Waals surface area contributed by atoms with Gasteiger partial charge >= 0.3 is 0 Å². The maximum absolute atomic E-state index is 9.16. The summed E-state index contributed by atoms with van der Waals surface area (Å²) in [7, 11) is 0. The van der Waals surface area contributed by atoms with Crippen LogP contribution in [0.1, 0.15) is 52.1 Å². The number of hydrogen-bond acceptors (Lipinski definition) is 9. The minimum atomic E-state index is -0.615. The summed E-state index contributed by atoms with van der Waals surface area (Å²) in [5.74, 6) is 0.662. The maximum atomic E-state index is 9.16. The number of nitrogens with one attached hydrogen (secondary N) is 2. The smallest absolute Gasteiger partial charge is 0.189 e. The van der Waals surface area contributed by atoms with Crippen LogP contribution in [0.4, 0.5) is 5.69 Å². The number of fused-ring (bicyclic) bond motifs is 2. The van der Waals surface area contributed by atoms with Gasteiger partial charge in [0.25, 0.3) is 0 Å². The lowest BCUT2D eigenvalue weighted by Gasteiger charge is -2.26. The molecule has 1 aromatic rings. The Morgan fingerprint density at radius 2 is 2.10 bits per heavy atom. The Morgan fingerprint density at radius 3 is 2.87 bits per heavy atom. The molecular weight excluding hydrogens is 440 g/mol. The van der Waals surface area contributed by atoms with Crippen molar-refractivity contribution in [2.45, 2.75) is 88.2 Å². The van der Waals surface area contributed by atoms with Crippen molar-refractivity contribution >= 4 is 29.1 Å². The van der Waals surface area contributed by atoms with Gasteiger partial charge in [0, 0.05) is 11.8 Å². The average molecular weight is 473 g/mol. The standard InChI is InChI=1S/C21H33ClN4O4S/c1-4-9-31-20-23-14-6-5-13(25-26-16(14)19(22)24-20)10-12-11-15(28-8-7-27)18-17(12)29-21(2,3)30-18/h12-13,15,17-18,25-27H,4-11H2,1-3H3/t12-,13?,15+,17+,18-/m1/s1. The third kappa shape index (κ3) is 5.46. The molecule has 2 fully saturated rings. The fraction of sp³-hybridized carbons (Fsp3) is 0.810. The second kappa shape index (κ2) is 10.1. The molecule has 174 valence electrons. The van der Waals surface area contributed by atoms with Crippen LogP contribution >= 0.6 is 23.4 Å². The Balaban J connectivity index is 1.41. The summed E-state index contributed by atoms with van der Waals surface area (Å²) >= 11 is 8.09. The molecule has 3 aliphatic rings. The molecule has 4 rings (SSSR count). The monoisotopic (exact) mass is 472 g/mol. The largest absolute Gasteiger partial charge is 0.394 e. The second-order valence-corrected chi connectivity index (χ2v) is 10.3. The molecule has 10 heteroatoms. The Morgan fingerprint density at radius 1 is 1.29 bits per heavy atom. The van der Waals surface area contributed by atoms with E-state index in [9.17, 15) is 0 Å². The van der Waals surface area contributed by atoms with Crippen molar-refractivity contribution in [3.8, 4) is 0 Å². The highest BCUT2D eigenvalue weighted by Gasteiger charge is 2.54. The average Bonchev–Trinajstić information content (AvgIpc) is 3.10. The number of aryl methyl sites for hydroxylation is 1. The van der Waals surface area contributed by atoms with Crippen molar-refractivity contribution in [1.29, 1.82) is 0 Å². The third-order valence-corrected chi connectivity index (χ3v) is 7.35. The molecule has 0 aromatic carbocycles. The van der Waals surface area contributed by atoms with E-state index in [0.717, 1.165) is 54.4 Å². The first-order valence-electron chi connectivity index (χ1n) is 11.2. The number of thioether (sulfide) groups is 1. The first kappa shape index (κ1) is 23.5. The topological polar surface area (TPSA) is 97.8 Å². The van der Waals surface area contributed by atoms with E-state index >= 15 is 0 Å². The summed E-state index contributed by atoms with van der Waals surface area (Å²) in [6.45, 7) is 6.36. The fourth-order valence-electron chi connectivity index (χ4n) is 4.75. The lowest BCUT2D eigenvalue weighted by Crippen LogP contribution is -2.37. The van der Waals surface area contributed by atoms with Gasteiger partial charge in [0.05, 0.1) is 31.1 Å². The van der Waals surface area contributed by atoms with Crippen molar-refractivity contribution < 1.29 is 19.3 Å². The predicted octanol–water partition coefficient (Wildman–Crippen LogP) is 3.17. The summed E-state index contributed by atoms with van der Waals surface area (Å²) in [5, 5.41) is 10.4. The van der Waals surface area contributed by atoms with Gasteiger partial charge < -0.3 is 24.7 Å². The van der Waals surface area contributed by atoms with Crippen LogP contribution in [0.15, 0.2) is 5.16 Å². The van der Waals surface area contributed by atoms with Crippen LogP contribution in [0.5, 0.6) is 0 Å². The van der Waals surface area contributed by atoms with E-state index < -0.39 is 5.79 Å². The van der Waals surface area contributed by atoms with E-state index in [4.69, 9.17) is 35.9 Å². The van der Waals surface area contributed by atoms with Gasteiger partial charge in [0.15, 0.2) is 16.1 Å². The van der Waals surface area contributed by atoms with Crippen LogP contribution in [-0.4, -0.2) is 64.2 Å². The molecule has 1 aliphatic carbocycles. The summed E-state index contributed by atoms with van der Waals surface area (Å²) < 4.78 is 18.3. The number of hydrazine groups is 1. The Kier molecular flexibility index (Phi) is 7.63. The Hall–Kier alpha value is -0.680. The number of rotatable bonds is 8. The van der Waals surface area contributed by atoms with E-state index in [1.807, 2.05) is 13.8 Å². The van der Waals surface area contributed by atoms with Crippen LogP contribution in [0.2, 0.25) is 5.15 Å². The number of anilines is 1. The summed E-state index contributed by atoms with van der Waals surface area (Å²) in [5.41, 5.74) is 8.44. The van der Waals surface area contributed by atoms with Crippen molar-refractivity contribution in [3.05, 3.63) is 10.8 Å². The van der Waals surface area contributed by atoms with Crippen molar-refractivity contribution in [2.24, 2.45) is 5.92 Å². The van der Waals surface area contributed by atoms with Crippen LogP contribution in [0.25, 0.3) is 0 Å². The molecule has 3 heterocycles. The number of aromatic nitrogens is 2. The van der Waals surface area contributed by atoms with E-state index in [2.05, 4.69) is 22.8 Å². The van der Waals surface area contributed by atoms with Crippen LogP contribution in [-0.2, 0) is 20.6 Å². The minimum absolute atomic E-state index is 0.00783. The van der Waals surface area contributed by atoms with Gasteiger partial charge in [-0.05, 0) is 51.9 Å². The molecule has 5 atom stereocenters. The first-order valence-corrected chi connectivity index (χ1v) is 12.6. The van der Waals surface area contributed by atoms with E-state index in [-0.39, 0.29) is 31.0 Å². The zero-order chi connectivity index (χ0) is 22.0. The summed E-state index contributed by atoms with van der Waals surface area (Å²) in [6, 6.07) is 0.228. The molecule has 1 saturated heterocycles. The predicted molar refractivity (Wildman–Crippen MR) is 120 cm³/mol. The molecule has 1 saturated carbocycles. The number of ether oxygens (including phenoxy) is 3. The molecule has 0 bridgehead atoms. The second-order valence-electron chi connectivity index (χ2n) is 8.90. The number of nitrogens with zero attached hydrogens (tertiary/aromatic N) is 2. The highest BCUT2D eigenvalue weighted by atomic mass is 35.5. The van der Waals surface area contributed by atoms with Gasteiger partial charge in [-0.1, -0.05) is 30.3 Å². The van der Waals surface area contributed by atoms with Gasteiger partial charge in [-0.3, -0.25) is 0 Å². The lowest BCUT2D eigenvalue weighted by atomic mass is 9.93. The molecule has 31 heavy (non-hydrogen) atoms. The molecule has 3 N–H and O–H groups in total. The number of halogens is 1. The molecule has 0 amide bonds. The molecule has 0 radical (unpaired) electrons. The fourth-order valence-corrected chi connectivity index (χ4v) is 5.75. The number of hydrogen-bond donors (Lipinski definition) is 3. The van der Waals surface area contributed by atoms with Gasteiger partial charge in [0.1, 0.15) is 11.8 Å². The number of aliphatic hydroxyl groups is 1. The van der Waals surface area contributed by atoms with Crippen LogP contribution in [0, 0.1) is 5.92 Å². The number of aliphatic hydroxyl groups excluding tert-OH is 1. The highest BCUT2D eigenvalue weighted by Crippen LogP contribution is 2.45. The van der Waals surface area contributed by atoms with Crippen molar-refractivity contribution in [1.82, 2.24) is 15.4 Å². The van der Waals surface area contributed by atoms with Crippen LogP contribution in [0.3, 0.4) is 0 Å². The Labute approximate surface area is 193 Å². The lowest BCUT2D eigenvalue weighted by molar-refractivity contribution is -0.172. The Bertz CT molecular complexity index is 771. The van der Waals surface area contributed by atoms with Crippen molar-refractivity contribution in [2.75, 3.05) is 24.4 Å². The van der Waals surface area contributed by atoms with Gasteiger partial charge in [-0.2, -0.15) is 0 Å². The zero-order valence-electron chi connectivity index (χ0n) is 18.4. The van der Waals surface area contributed by atoms with Gasteiger partial charge in [0.2, 0.25) is 0 Å². The zero-order valence-corrected chi connectivity index (χ0v) is 20.0. The van der Waals surface area contributed by atoms with E-state index in [1.165, 1.54) is 0 Å². The van der Waals surface area contributed by atoms with Crippen molar-refractivity contribution in [3.63, 3.8) is 0 Å². The first-order chi connectivity index (χ1) is 14.9. The van der Waals surface area contributed by atoms with Crippen LogP contribution < -0.4 is 10.9 Å². The normalized spacial score (nSPS) is 31.7. The van der Waals surface area contributed by atoms with Gasteiger partial charge in [-0.25, -0.2) is 15.4 Å². The highest BCUT2D eigenvalue weighted by molar-refractivity contribution is 7.99. The maximum Gasteiger partial charge on any atom is 0.189 e. The molecule has 2 aliphatic heterocycles. The quantitative estimate of drug-likeness (QED) is 0.299. The summed E-state index contributed by atoms with van der Waals surface area (Å²) in [6.07, 6.45) is 4.45. The summed E-state index contributed by atoms with van der Waals surface area (Å²) in [4.78, 5) is 9.17. The van der Waals surface area contributed by atoms with E-state index in [1.54, 1.807) is 11.8 Å².